The van der Waals surface area contributed by atoms with Gasteiger partial charge < -0.3 is 5.11 Å². The number of hydrogen-bond donors (Lipinski definition) is 2. The second-order valence-corrected chi connectivity index (χ2v) is 15.7. The first kappa shape index (κ1) is 44.8. The topological polar surface area (TPSA) is 37.3 Å². The van der Waals surface area contributed by atoms with Crippen LogP contribution in [-0.2, 0) is 4.79 Å². The fourth-order valence-corrected chi connectivity index (χ4v) is 7.29. The zero-order chi connectivity index (χ0) is 32.9. The van der Waals surface area contributed by atoms with E-state index in [1.54, 1.807) is 0 Å². The van der Waals surface area contributed by atoms with Gasteiger partial charge in [0.15, 0.2) is 0 Å². The normalized spacial score (nSPS) is 11.9. The molecule has 0 spiro atoms. The minimum atomic E-state index is -0.815. The molecule has 0 amide bonds. The van der Waals surface area contributed by atoms with Crippen LogP contribution in [0.15, 0.2) is 0 Å². The molecule has 45 heavy (non-hydrogen) atoms. The first-order valence-corrected chi connectivity index (χ1v) is 21.5. The molecule has 0 fully saturated rings. The average Bonchev–Trinajstić information content (AvgIpc) is 3.03. The average molecular weight is 653 g/mol. The third-order valence-electron chi connectivity index (χ3n) is 10.3. The van der Waals surface area contributed by atoms with Crippen molar-refractivity contribution in [1.82, 2.24) is 0 Å². The molecule has 0 aliphatic heterocycles. The van der Waals surface area contributed by atoms with Crippen LogP contribution in [0.3, 0.4) is 0 Å². The first-order valence-electron chi connectivity index (χ1n) is 21.0. The minimum absolute atomic E-state index is 0.704. The van der Waals surface area contributed by atoms with Gasteiger partial charge in [-0.2, -0.15) is 12.6 Å². The number of aliphatic carboxylic acids is 1. The molecule has 0 saturated carbocycles. The van der Waals surface area contributed by atoms with Gasteiger partial charge in [-0.25, -0.2) is 0 Å². The Morgan fingerprint density at radius 2 is 0.511 bits per heavy atom. The van der Waals surface area contributed by atoms with Crippen LogP contribution >= 0.6 is 12.6 Å². The van der Waals surface area contributed by atoms with Crippen LogP contribution in [0.1, 0.15) is 258 Å². The SMILES string of the molecule is CCCCCCCCCCCCCCCCCCCCC(S)(CCCCCCCCCCCCCCCCCCCC)C(=O)O. The molecular weight excluding hydrogens is 569 g/mol. The molecule has 0 aliphatic rings. The summed E-state index contributed by atoms with van der Waals surface area (Å²) in [6.45, 7) is 4.58. The molecule has 0 saturated heterocycles. The summed E-state index contributed by atoms with van der Waals surface area (Å²) in [7, 11) is 0. The fraction of sp³-hybridized carbons (Fsp3) is 0.976. The summed E-state index contributed by atoms with van der Waals surface area (Å²) in [6.07, 6.45) is 50.6. The lowest BCUT2D eigenvalue weighted by Crippen LogP contribution is -2.32. The Kier molecular flexibility index (Phi) is 36.5. The van der Waals surface area contributed by atoms with Gasteiger partial charge in [-0.05, 0) is 12.8 Å². The second-order valence-electron chi connectivity index (χ2n) is 14.9. The summed E-state index contributed by atoms with van der Waals surface area (Å²) in [5.41, 5.74) is 0. The van der Waals surface area contributed by atoms with Crippen molar-refractivity contribution in [2.75, 3.05) is 0 Å². The van der Waals surface area contributed by atoms with Crippen LogP contribution in [-0.4, -0.2) is 15.8 Å². The van der Waals surface area contributed by atoms with Crippen molar-refractivity contribution in [2.24, 2.45) is 0 Å². The van der Waals surface area contributed by atoms with E-state index >= 15 is 0 Å². The molecule has 0 aromatic carbocycles. The molecule has 0 heterocycles. The monoisotopic (exact) mass is 653 g/mol. The minimum Gasteiger partial charge on any atom is -0.480 e. The zero-order valence-electron chi connectivity index (χ0n) is 31.2. The van der Waals surface area contributed by atoms with Crippen LogP contribution in [0.4, 0.5) is 0 Å². The van der Waals surface area contributed by atoms with E-state index in [0.29, 0.717) is 0 Å². The van der Waals surface area contributed by atoms with Gasteiger partial charge in [-0.15, -0.1) is 0 Å². The van der Waals surface area contributed by atoms with Gasteiger partial charge in [-0.1, -0.05) is 245 Å². The third-order valence-corrected chi connectivity index (χ3v) is 10.9. The van der Waals surface area contributed by atoms with Gasteiger partial charge >= 0.3 is 5.97 Å². The molecular formula is C42H84O2S. The lowest BCUT2D eigenvalue weighted by molar-refractivity contribution is -0.140. The molecule has 0 aliphatic carbocycles. The number of rotatable bonds is 39. The Morgan fingerprint density at radius 1 is 0.356 bits per heavy atom. The number of hydrogen-bond acceptors (Lipinski definition) is 2. The molecule has 0 rings (SSSR count). The molecule has 1 N–H and O–H groups in total. The third kappa shape index (κ3) is 33.5. The highest BCUT2D eigenvalue weighted by Crippen LogP contribution is 2.30. The summed E-state index contributed by atoms with van der Waals surface area (Å²) in [4.78, 5) is 12.0. The van der Waals surface area contributed by atoms with E-state index < -0.39 is 10.7 Å². The predicted octanol–water partition coefficient (Wildman–Crippen LogP) is 15.6. The summed E-state index contributed by atoms with van der Waals surface area (Å²) < 4.78 is -0.815. The second kappa shape index (κ2) is 36.7. The van der Waals surface area contributed by atoms with Crippen molar-refractivity contribution >= 4 is 18.6 Å². The lowest BCUT2D eigenvalue weighted by atomic mass is 9.93. The standard InChI is InChI=1S/C42H84O2S/c1-3-5-7-9-11-13-15-17-19-21-23-25-27-29-31-33-35-37-39-42(45,41(43)44)40-38-36-34-32-30-28-26-24-22-20-18-16-14-12-10-8-6-4-2/h45H,3-40H2,1-2H3,(H,43,44). The van der Waals surface area contributed by atoms with Crippen molar-refractivity contribution in [3.05, 3.63) is 0 Å². The summed E-state index contributed by atoms with van der Waals surface area (Å²) in [5, 5.41) is 9.84. The van der Waals surface area contributed by atoms with Crippen molar-refractivity contribution in [2.45, 2.75) is 263 Å². The summed E-state index contributed by atoms with van der Waals surface area (Å²) in [5.74, 6) is -0.704. The fourth-order valence-electron chi connectivity index (χ4n) is 6.98. The van der Waals surface area contributed by atoms with Crippen molar-refractivity contribution in [3.63, 3.8) is 0 Å². The first-order chi connectivity index (χ1) is 22.1. The molecule has 0 bridgehead atoms. The van der Waals surface area contributed by atoms with E-state index in [0.717, 1.165) is 38.5 Å². The maximum Gasteiger partial charge on any atom is 0.319 e. The van der Waals surface area contributed by atoms with E-state index in [4.69, 9.17) is 0 Å². The van der Waals surface area contributed by atoms with Crippen LogP contribution in [0.5, 0.6) is 0 Å². The van der Waals surface area contributed by atoms with E-state index in [-0.39, 0.29) is 0 Å². The Morgan fingerprint density at radius 3 is 0.667 bits per heavy atom. The maximum atomic E-state index is 12.0. The number of unbranched alkanes of at least 4 members (excludes halogenated alkanes) is 34. The molecule has 0 aromatic rings. The van der Waals surface area contributed by atoms with Gasteiger partial charge in [-0.3, -0.25) is 4.79 Å². The van der Waals surface area contributed by atoms with Crippen molar-refractivity contribution in [3.8, 4) is 0 Å². The Labute approximate surface area is 290 Å². The van der Waals surface area contributed by atoms with Crippen LogP contribution < -0.4 is 0 Å². The zero-order valence-corrected chi connectivity index (χ0v) is 32.1. The van der Waals surface area contributed by atoms with Crippen LogP contribution in [0.2, 0.25) is 0 Å². The van der Waals surface area contributed by atoms with Gasteiger partial charge in [0.2, 0.25) is 0 Å². The van der Waals surface area contributed by atoms with Crippen molar-refractivity contribution < 1.29 is 9.90 Å². The van der Waals surface area contributed by atoms with Gasteiger partial charge in [0, 0.05) is 0 Å². The Bertz CT molecular complexity index is 537. The quantitative estimate of drug-likeness (QED) is 0.0512. The highest BCUT2D eigenvalue weighted by molar-refractivity contribution is 7.82. The summed E-state index contributed by atoms with van der Waals surface area (Å²) in [6, 6.07) is 0. The van der Waals surface area contributed by atoms with E-state index in [1.165, 1.54) is 205 Å². The Hall–Kier alpha value is -0.180. The van der Waals surface area contributed by atoms with E-state index in [2.05, 4.69) is 26.5 Å². The highest BCUT2D eigenvalue weighted by Gasteiger charge is 2.32. The smallest absolute Gasteiger partial charge is 0.319 e. The molecule has 0 aromatic heterocycles. The number of thiol groups is 1. The largest absolute Gasteiger partial charge is 0.480 e. The van der Waals surface area contributed by atoms with Gasteiger partial charge in [0.25, 0.3) is 0 Å². The van der Waals surface area contributed by atoms with Crippen LogP contribution in [0.25, 0.3) is 0 Å². The molecule has 0 atom stereocenters. The van der Waals surface area contributed by atoms with Gasteiger partial charge in [0.1, 0.15) is 4.75 Å². The number of carboxylic acids is 1. The summed E-state index contributed by atoms with van der Waals surface area (Å²) >= 11 is 4.68. The van der Waals surface area contributed by atoms with E-state index in [9.17, 15) is 9.90 Å². The van der Waals surface area contributed by atoms with Gasteiger partial charge in [0.05, 0.1) is 0 Å². The maximum absolute atomic E-state index is 12.0. The molecule has 0 radical (unpaired) electrons. The lowest BCUT2D eigenvalue weighted by Gasteiger charge is -2.23. The van der Waals surface area contributed by atoms with Crippen LogP contribution in [0, 0.1) is 0 Å². The molecule has 270 valence electrons. The highest BCUT2D eigenvalue weighted by atomic mass is 32.1. The van der Waals surface area contributed by atoms with Crippen molar-refractivity contribution in [1.29, 1.82) is 0 Å². The number of carbonyl (C=O) groups is 1. The molecule has 3 heteroatoms. The van der Waals surface area contributed by atoms with E-state index in [1.807, 2.05) is 0 Å². The number of carboxylic acid groups (broad SMARTS) is 1. The molecule has 0 unspecified atom stereocenters. The Balaban J connectivity index is 3.48. The predicted molar refractivity (Wildman–Crippen MR) is 206 cm³/mol. The molecule has 2 nitrogen and oxygen atoms in total.